The molecule has 0 saturated heterocycles. The molecule has 0 fully saturated rings. The Hall–Kier alpha value is -1.00. The van der Waals surface area contributed by atoms with Crippen molar-refractivity contribution < 1.29 is 9.53 Å². The lowest BCUT2D eigenvalue weighted by molar-refractivity contribution is -0.150. The van der Waals surface area contributed by atoms with Gasteiger partial charge in [-0.3, -0.25) is 10.1 Å². The molecule has 4 heteroatoms. The Morgan fingerprint density at radius 3 is 2.57 bits per heavy atom. The maximum Gasteiger partial charge on any atom is 0.326 e. The Balaban J connectivity index is 2.47. The summed E-state index contributed by atoms with van der Waals surface area (Å²) in [7, 11) is 0. The molecular weight excluding hydrogens is 282 g/mol. The summed E-state index contributed by atoms with van der Waals surface area (Å²) in [6.07, 6.45) is 0.765. The van der Waals surface area contributed by atoms with Crippen LogP contribution in [0.3, 0.4) is 0 Å². The first-order chi connectivity index (χ1) is 9.98. The fourth-order valence-corrected chi connectivity index (χ4v) is 3.33. The third kappa shape index (κ3) is 6.53. The smallest absolute Gasteiger partial charge is 0.326 e. The Bertz CT molecular complexity index is 422. The Morgan fingerprint density at radius 1 is 1.33 bits per heavy atom. The fraction of sp³-hybridized carbons (Fsp3) is 0.588. The maximum atomic E-state index is 12.2. The molecule has 1 aromatic rings. The molecule has 0 heterocycles. The zero-order valence-corrected chi connectivity index (χ0v) is 14.3. The molecule has 0 aromatic heterocycles. The van der Waals surface area contributed by atoms with Crippen LogP contribution >= 0.6 is 11.8 Å². The van der Waals surface area contributed by atoms with E-state index in [4.69, 9.17) is 4.74 Å². The number of rotatable bonds is 9. The van der Waals surface area contributed by atoms with E-state index in [2.05, 4.69) is 43.4 Å². The van der Waals surface area contributed by atoms with E-state index in [-0.39, 0.29) is 12.0 Å². The molecule has 1 rings (SSSR count). The van der Waals surface area contributed by atoms with Crippen molar-refractivity contribution in [3.05, 3.63) is 35.9 Å². The lowest BCUT2D eigenvalue weighted by Crippen LogP contribution is -2.53. The molecule has 0 aliphatic carbocycles. The van der Waals surface area contributed by atoms with Gasteiger partial charge in [-0.1, -0.05) is 30.3 Å². The van der Waals surface area contributed by atoms with Gasteiger partial charge in [0.15, 0.2) is 0 Å². The summed E-state index contributed by atoms with van der Waals surface area (Å²) in [6, 6.07) is 10.6. The predicted molar refractivity (Wildman–Crippen MR) is 90.5 cm³/mol. The highest BCUT2D eigenvalue weighted by molar-refractivity contribution is 7.98. The molecule has 0 saturated carbocycles. The predicted octanol–water partition coefficient (Wildman–Crippen LogP) is 3.63. The minimum atomic E-state index is -0.603. The number of esters is 1. The Kier molecular flexibility index (Phi) is 7.83. The first kappa shape index (κ1) is 18.1. The summed E-state index contributed by atoms with van der Waals surface area (Å²) in [5.74, 6) is 1.74. The summed E-state index contributed by atoms with van der Waals surface area (Å²) in [4.78, 5) is 12.2. The normalized spacial score (nSPS) is 14.0. The van der Waals surface area contributed by atoms with Gasteiger partial charge in [0.2, 0.25) is 0 Å². The second-order valence-corrected chi connectivity index (χ2v) is 6.74. The molecule has 1 atom stereocenters. The summed E-state index contributed by atoms with van der Waals surface area (Å²) < 4.78 is 5.21. The second kappa shape index (κ2) is 9.11. The van der Waals surface area contributed by atoms with Crippen molar-refractivity contribution in [2.24, 2.45) is 0 Å². The number of carbonyl (C=O) groups is 1. The van der Waals surface area contributed by atoms with Gasteiger partial charge in [-0.25, -0.2) is 0 Å². The number of hydrogen-bond donors (Lipinski definition) is 1. The van der Waals surface area contributed by atoms with Crippen LogP contribution in [-0.4, -0.2) is 29.9 Å². The van der Waals surface area contributed by atoms with Crippen LogP contribution in [0.2, 0.25) is 0 Å². The van der Waals surface area contributed by atoms with Crippen LogP contribution in [0, 0.1) is 0 Å². The third-order valence-corrected chi connectivity index (χ3v) is 4.22. The van der Waals surface area contributed by atoms with Crippen molar-refractivity contribution in [1.82, 2.24) is 5.32 Å². The zero-order valence-electron chi connectivity index (χ0n) is 13.5. The second-order valence-electron chi connectivity index (χ2n) is 5.64. The summed E-state index contributed by atoms with van der Waals surface area (Å²) >= 11 is 1.85. The van der Waals surface area contributed by atoms with Crippen molar-refractivity contribution >= 4 is 17.7 Å². The SMILES string of the molecule is CCOC(=O)C(C)(CCSCc1ccccc1)NC(C)C. The lowest BCUT2D eigenvalue weighted by Gasteiger charge is -2.30. The monoisotopic (exact) mass is 309 g/mol. The molecular formula is C17H27NO2S. The molecule has 0 spiro atoms. The van der Waals surface area contributed by atoms with Gasteiger partial charge in [0.25, 0.3) is 0 Å². The van der Waals surface area contributed by atoms with E-state index in [9.17, 15) is 4.79 Å². The van der Waals surface area contributed by atoms with Gasteiger partial charge in [-0.05, 0) is 45.4 Å². The molecule has 0 radical (unpaired) electrons. The molecule has 3 nitrogen and oxygen atoms in total. The van der Waals surface area contributed by atoms with Crippen molar-refractivity contribution in [2.45, 2.75) is 51.4 Å². The summed E-state index contributed by atoms with van der Waals surface area (Å²) in [6.45, 7) is 8.31. The largest absolute Gasteiger partial charge is 0.465 e. The first-order valence-corrected chi connectivity index (χ1v) is 8.70. The molecule has 0 aliphatic rings. The van der Waals surface area contributed by atoms with Crippen LogP contribution in [0.4, 0.5) is 0 Å². The molecule has 21 heavy (non-hydrogen) atoms. The van der Waals surface area contributed by atoms with E-state index in [1.165, 1.54) is 5.56 Å². The fourth-order valence-electron chi connectivity index (χ4n) is 2.20. The van der Waals surface area contributed by atoms with E-state index in [0.29, 0.717) is 6.61 Å². The number of nitrogens with one attached hydrogen (secondary N) is 1. The molecule has 0 amide bonds. The van der Waals surface area contributed by atoms with Crippen LogP contribution in [0.25, 0.3) is 0 Å². The molecule has 1 N–H and O–H groups in total. The van der Waals surface area contributed by atoms with Crippen LogP contribution in [0.5, 0.6) is 0 Å². The Morgan fingerprint density at radius 2 is 2.00 bits per heavy atom. The van der Waals surface area contributed by atoms with E-state index in [1.54, 1.807) is 0 Å². The third-order valence-electron chi connectivity index (χ3n) is 3.19. The van der Waals surface area contributed by atoms with Crippen LogP contribution < -0.4 is 5.32 Å². The lowest BCUT2D eigenvalue weighted by atomic mass is 9.98. The topological polar surface area (TPSA) is 38.3 Å². The number of hydrogen-bond acceptors (Lipinski definition) is 4. The molecule has 1 unspecified atom stereocenters. The van der Waals surface area contributed by atoms with Crippen molar-refractivity contribution in [1.29, 1.82) is 0 Å². The van der Waals surface area contributed by atoms with Crippen molar-refractivity contribution in [3.8, 4) is 0 Å². The van der Waals surface area contributed by atoms with Gasteiger partial charge in [0.1, 0.15) is 5.54 Å². The first-order valence-electron chi connectivity index (χ1n) is 7.54. The average Bonchev–Trinajstić information content (AvgIpc) is 2.44. The van der Waals surface area contributed by atoms with Crippen molar-refractivity contribution in [3.63, 3.8) is 0 Å². The van der Waals surface area contributed by atoms with Crippen LogP contribution in [0.15, 0.2) is 30.3 Å². The molecule has 1 aromatic carbocycles. The van der Waals surface area contributed by atoms with E-state index in [1.807, 2.05) is 31.7 Å². The van der Waals surface area contributed by atoms with Crippen LogP contribution in [-0.2, 0) is 15.3 Å². The standard InChI is InChI=1S/C17H27NO2S/c1-5-20-16(19)17(4,18-14(2)3)11-12-21-13-15-9-7-6-8-10-15/h6-10,14,18H,5,11-13H2,1-4H3. The van der Waals surface area contributed by atoms with Gasteiger partial charge >= 0.3 is 5.97 Å². The van der Waals surface area contributed by atoms with Gasteiger partial charge in [0.05, 0.1) is 6.61 Å². The number of thioether (sulfide) groups is 1. The highest BCUT2D eigenvalue weighted by Gasteiger charge is 2.34. The van der Waals surface area contributed by atoms with E-state index >= 15 is 0 Å². The summed E-state index contributed by atoms with van der Waals surface area (Å²) in [5.41, 5.74) is 0.714. The van der Waals surface area contributed by atoms with Gasteiger partial charge < -0.3 is 4.74 Å². The van der Waals surface area contributed by atoms with Gasteiger partial charge in [-0.15, -0.1) is 0 Å². The quantitative estimate of drug-likeness (QED) is 0.558. The highest BCUT2D eigenvalue weighted by atomic mass is 32.2. The minimum Gasteiger partial charge on any atom is -0.465 e. The summed E-state index contributed by atoms with van der Waals surface area (Å²) in [5, 5.41) is 3.35. The number of ether oxygens (including phenoxy) is 1. The number of carbonyl (C=O) groups excluding carboxylic acids is 1. The maximum absolute atomic E-state index is 12.2. The highest BCUT2D eigenvalue weighted by Crippen LogP contribution is 2.20. The molecule has 0 aliphatic heterocycles. The van der Waals surface area contributed by atoms with Gasteiger partial charge in [-0.2, -0.15) is 11.8 Å². The number of benzene rings is 1. The minimum absolute atomic E-state index is 0.154. The molecule has 0 bridgehead atoms. The molecule has 118 valence electrons. The average molecular weight is 309 g/mol. The van der Waals surface area contributed by atoms with E-state index in [0.717, 1.165) is 17.9 Å². The van der Waals surface area contributed by atoms with Crippen molar-refractivity contribution in [2.75, 3.05) is 12.4 Å². The zero-order chi connectivity index (χ0) is 15.7. The Labute approximate surface area is 132 Å². The van der Waals surface area contributed by atoms with E-state index < -0.39 is 5.54 Å². The van der Waals surface area contributed by atoms with Gasteiger partial charge in [0, 0.05) is 11.8 Å². The van der Waals surface area contributed by atoms with Crippen LogP contribution in [0.1, 0.15) is 39.7 Å².